The molecular formula is C24H23ClN4O. The molecular weight excluding hydrogens is 396 g/mol. The fourth-order valence-corrected chi connectivity index (χ4v) is 3.51. The van der Waals surface area contributed by atoms with E-state index in [-0.39, 0.29) is 0 Å². The largest absolute Gasteiger partial charge is 0.497 e. The average molecular weight is 419 g/mol. The first kappa shape index (κ1) is 20.1. The Balaban J connectivity index is 1.57. The van der Waals surface area contributed by atoms with E-state index >= 15 is 0 Å². The van der Waals surface area contributed by atoms with Crippen molar-refractivity contribution in [2.45, 2.75) is 13.0 Å². The molecule has 2 aromatic heterocycles. The second kappa shape index (κ2) is 9.57. The van der Waals surface area contributed by atoms with E-state index in [4.69, 9.17) is 21.4 Å². The highest BCUT2D eigenvalue weighted by molar-refractivity contribution is 6.33. The van der Waals surface area contributed by atoms with Gasteiger partial charge < -0.3 is 10.1 Å². The molecule has 0 atom stereocenters. The first-order chi connectivity index (χ1) is 14.7. The maximum Gasteiger partial charge on any atom is 0.119 e. The van der Waals surface area contributed by atoms with Gasteiger partial charge in [-0.25, -0.2) is 4.68 Å². The highest BCUT2D eigenvalue weighted by Gasteiger charge is 2.14. The minimum atomic E-state index is 0.689. The molecule has 4 rings (SSSR count). The van der Waals surface area contributed by atoms with E-state index in [9.17, 15) is 0 Å². The zero-order valence-corrected chi connectivity index (χ0v) is 17.5. The molecule has 2 aromatic carbocycles. The minimum absolute atomic E-state index is 0.689. The molecule has 4 aromatic rings. The molecule has 6 heteroatoms. The summed E-state index contributed by atoms with van der Waals surface area (Å²) in [7, 11) is 1.66. The molecule has 0 saturated carbocycles. The summed E-state index contributed by atoms with van der Waals surface area (Å²) < 4.78 is 7.14. The maximum absolute atomic E-state index is 6.47. The van der Waals surface area contributed by atoms with Crippen LogP contribution in [0, 0.1) is 0 Å². The molecule has 0 fully saturated rings. The van der Waals surface area contributed by atoms with Gasteiger partial charge in [0.25, 0.3) is 0 Å². The van der Waals surface area contributed by atoms with Gasteiger partial charge in [-0.1, -0.05) is 35.9 Å². The second-order valence-corrected chi connectivity index (χ2v) is 7.32. The Hall–Kier alpha value is -3.15. The van der Waals surface area contributed by atoms with Crippen molar-refractivity contribution < 1.29 is 4.74 Å². The van der Waals surface area contributed by atoms with Crippen molar-refractivity contribution in [2.24, 2.45) is 0 Å². The molecule has 0 aliphatic rings. The molecule has 0 amide bonds. The quantitative estimate of drug-likeness (QED) is 0.412. The first-order valence-electron chi connectivity index (χ1n) is 9.82. The number of rotatable bonds is 8. The van der Waals surface area contributed by atoms with Crippen LogP contribution in [-0.2, 0) is 13.0 Å². The van der Waals surface area contributed by atoms with Crippen molar-refractivity contribution >= 4 is 11.6 Å². The van der Waals surface area contributed by atoms with Gasteiger partial charge in [0.2, 0.25) is 0 Å². The Morgan fingerprint density at radius 2 is 1.87 bits per heavy atom. The van der Waals surface area contributed by atoms with E-state index in [1.807, 2.05) is 65.5 Å². The lowest BCUT2D eigenvalue weighted by Crippen LogP contribution is -2.16. The van der Waals surface area contributed by atoms with Crippen molar-refractivity contribution in [1.29, 1.82) is 0 Å². The van der Waals surface area contributed by atoms with Crippen LogP contribution >= 0.6 is 11.6 Å². The second-order valence-electron chi connectivity index (χ2n) is 6.91. The number of benzene rings is 2. The van der Waals surface area contributed by atoms with Gasteiger partial charge in [-0.2, -0.15) is 5.10 Å². The Morgan fingerprint density at radius 3 is 2.60 bits per heavy atom. The van der Waals surface area contributed by atoms with Gasteiger partial charge in [0, 0.05) is 36.3 Å². The third-order valence-electron chi connectivity index (χ3n) is 4.88. The fourth-order valence-electron chi connectivity index (χ4n) is 3.29. The molecule has 30 heavy (non-hydrogen) atoms. The highest BCUT2D eigenvalue weighted by atomic mass is 35.5. The van der Waals surface area contributed by atoms with Gasteiger partial charge in [0.15, 0.2) is 0 Å². The lowest BCUT2D eigenvalue weighted by atomic mass is 10.1. The molecule has 152 valence electrons. The van der Waals surface area contributed by atoms with Crippen LogP contribution in [0.1, 0.15) is 11.1 Å². The maximum atomic E-state index is 6.47. The van der Waals surface area contributed by atoms with Gasteiger partial charge in [-0.05, 0) is 54.9 Å². The van der Waals surface area contributed by atoms with E-state index in [1.165, 1.54) is 5.56 Å². The van der Waals surface area contributed by atoms with E-state index in [2.05, 4.69) is 22.6 Å². The first-order valence-corrected chi connectivity index (χ1v) is 10.2. The highest BCUT2D eigenvalue weighted by Crippen LogP contribution is 2.30. The van der Waals surface area contributed by atoms with E-state index < -0.39 is 0 Å². The summed E-state index contributed by atoms with van der Waals surface area (Å²) in [6, 6.07) is 19.7. The fraction of sp³-hybridized carbons (Fsp3) is 0.167. The smallest absolute Gasteiger partial charge is 0.119 e. The Labute approximate surface area is 181 Å². The van der Waals surface area contributed by atoms with Gasteiger partial charge in [-0.15, -0.1) is 0 Å². The number of nitrogens with one attached hydrogen (secondary N) is 1. The van der Waals surface area contributed by atoms with Gasteiger partial charge >= 0.3 is 0 Å². The van der Waals surface area contributed by atoms with Crippen LogP contribution < -0.4 is 10.1 Å². The lowest BCUT2D eigenvalue weighted by molar-refractivity contribution is 0.414. The van der Waals surface area contributed by atoms with Crippen LogP contribution in [0.2, 0.25) is 5.02 Å². The summed E-state index contributed by atoms with van der Waals surface area (Å²) in [5.74, 6) is 0.814. The van der Waals surface area contributed by atoms with Crippen LogP contribution in [0.5, 0.6) is 5.75 Å². The van der Waals surface area contributed by atoms with E-state index in [0.717, 1.165) is 41.2 Å². The molecule has 0 saturated heterocycles. The summed E-state index contributed by atoms with van der Waals surface area (Å²) in [6.45, 7) is 1.54. The lowest BCUT2D eigenvalue weighted by Gasteiger charge is -2.06. The molecule has 0 spiro atoms. The minimum Gasteiger partial charge on any atom is -0.497 e. The van der Waals surface area contributed by atoms with Crippen molar-refractivity contribution in [2.75, 3.05) is 13.7 Å². The molecule has 0 bridgehead atoms. The van der Waals surface area contributed by atoms with Crippen LogP contribution in [0.4, 0.5) is 0 Å². The van der Waals surface area contributed by atoms with Crippen molar-refractivity contribution in [3.05, 3.63) is 95.4 Å². The molecule has 0 aliphatic heterocycles. The van der Waals surface area contributed by atoms with Crippen LogP contribution in [0.15, 0.2) is 79.3 Å². The van der Waals surface area contributed by atoms with Crippen molar-refractivity contribution in [1.82, 2.24) is 20.1 Å². The number of pyridine rings is 1. The molecule has 0 unspecified atom stereocenters. The third kappa shape index (κ3) is 4.70. The summed E-state index contributed by atoms with van der Waals surface area (Å²) >= 11 is 6.47. The van der Waals surface area contributed by atoms with Crippen LogP contribution in [0.25, 0.3) is 16.9 Å². The summed E-state index contributed by atoms with van der Waals surface area (Å²) in [5, 5.41) is 9.05. The van der Waals surface area contributed by atoms with Gasteiger partial charge in [-0.3, -0.25) is 4.98 Å². The van der Waals surface area contributed by atoms with Gasteiger partial charge in [0.05, 0.1) is 23.5 Å². The predicted octanol–water partition coefficient (Wildman–Crippen LogP) is 4.93. The monoisotopic (exact) mass is 418 g/mol. The van der Waals surface area contributed by atoms with E-state index in [1.54, 1.807) is 13.3 Å². The molecule has 1 N–H and O–H groups in total. The zero-order chi connectivity index (χ0) is 20.8. The predicted molar refractivity (Wildman–Crippen MR) is 120 cm³/mol. The summed E-state index contributed by atoms with van der Waals surface area (Å²) in [4.78, 5) is 4.17. The van der Waals surface area contributed by atoms with Gasteiger partial charge in [0.1, 0.15) is 5.75 Å². The topological polar surface area (TPSA) is 52.0 Å². The molecule has 0 radical (unpaired) electrons. The number of ether oxygens (including phenoxy) is 1. The SMILES string of the molecule is COc1ccc(-n2cc(CNCCc3cccnc3)c(-c3ccccc3Cl)n2)cc1. The number of nitrogens with zero attached hydrogens (tertiary/aromatic N) is 3. The van der Waals surface area contributed by atoms with Crippen molar-refractivity contribution in [3.63, 3.8) is 0 Å². The molecule has 5 nitrogen and oxygen atoms in total. The number of aromatic nitrogens is 3. The Morgan fingerprint density at radius 1 is 1.03 bits per heavy atom. The molecule has 2 heterocycles. The summed E-state index contributed by atoms with van der Waals surface area (Å²) in [6.07, 6.45) is 6.67. The Bertz CT molecular complexity index is 1090. The normalized spacial score (nSPS) is 10.9. The third-order valence-corrected chi connectivity index (χ3v) is 5.21. The number of methoxy groups -OCH3 is 1. The standard InChI is InChI=1S/C24H23ClN4O/c1-30-21-10-8-20(9-11-21)29-17-19(16-27-14-12-18-5-4-13-26-15-18)24(28-29)22-6-2-3-7-23(22)25/h2-11,13,15,17,27H,12,14,16H2,1H3. The number of hydrogen-bond donors (Lipinski definition) is 1. The van der Waals surface area contributed by atoms with Crippen LogP contribution in [-0.4, -0.2) is 28.4 Å². The summed E-state index contributed by atoms with van der Waals surface area (Å²) in [5.41, 5.74) is 5.07. The molecule has 0 aliphatic carbocycles. The number of halogens is 1. The number of hydrogen-bond acceptors (Lipinski definition) is 4. The Kier molecular flexibility index (Phi) is 6.42. The zero-order valence-electron chi connectivity index (χ0n) is 16.8. The van der Waals surface area contributed by atoms with E-state index in [0.29, 0.717) is 11.6 Å². The van der Waals surface area contributed by atoms with Crippen LogP contribution in [0.3, 0.4) is 0 Å². The van der Waals surface area contributed by atoms with Crippen molar-refractivity contribution in [3.8, 4) is 22.7 Å². The average Bonchev–Trinajstić information content (AvgIpc) is 3.22.